The maximum Gasteiger partial charge on any atom is 0.240 e. The third kappa shape index (κ3) is 5.10. The molecule has 0 aliphatic heterocycles. The number of methoxy groups -OCH3 is 1. The standard InChI is InChI=1S/C13H20ClNO3S/c1-10-4-5-13(8-11(10)2)19(16,17)15-7-6-12(14)9-18-3/h4-5,8,12,15H,6-7,9H2,1-3H3. The molecule has 0 bridgehead atoms. The largest absolute Gasteiger partial charge is 0.383 e. The predicted molar refractivity (Wildman–Crippen MR) is 77.2 cm³/mol. The van der Waals surface area contributed by atoms with Crippen LogP contribution in [0.3, 0.4) is 0 Å². The second-order valence-electron chi connectivity index (χ2n) is 4.49. The van der Waals surface area contributed by atoms with Gasteiger partial charge in [-0.25, -0.2) is 13.1 Å². The van der Waals surface area contributed by atoms with Crippen molar-refractivity contribution in [2.75, 3.05) is 20.3 Å². The van der Waals surface area contributed by atoms with Crippen molar-refractivity contribution in [2.24, 2.45) is 0 Å². The van der Waals surface area contributed by atoms with Crippen molar-refractivity contribution in [3.05, 3.63) is 29.3 Å². The number of aryl methyl sites for hydroxylation is 2. The van der Waals surface area contributed by atoms with Crippen LogP contribution in [0.15, 0.2) is 23.1 Å². The van der Waals surface area contributed by atoms with Gasteiger partial charge in [-0.3, -0.25) is 0 Å². The van der Waals surface area contributed by atoms with Crippen molar-refractivity contribution >= 4 is 21.6 Å². The number of halogens is 1. The second kappa shape index (κ2) is 7.24. The Morgan fingerprint density at radius 3 is 2.58 bits per heavy atom. The quantitative estimate of drug-likeness (QED) is 0.786. The number of nitrogens with one attached hydrogen (secondary N) is 1. The molecule has 0 fully saturated rings. The van der Waals surface area contributed by atoms with Crippen LogP contribution in [0.25, 0.3) is 0 Å². The van der Waals surface area contributed by atoms with Gasteiger partial charge in [-0.05, 0) is 43.5 Å². The average Bonchev–Trinajstić information content (AvgIpc) is 2.32. The van der Waals surface area contributed by atoms with E-state index in [4.69, 9.17) is 16.3 Å². The average molecular weight is 306 g/mol. The fraction of sp³-hybridized carbons (Fsp3) is 0.538. The molecule has 6 heteroatoms. The fourth-order valence-corrected chi connectivity index (χ4v) is 2.95. The van der Waals surface area contributed by atoms with Crippen molar-refractivity contribution in [3.63, 3.8) is 0 Å². The monoisotopic (exact) mass is 305 g/mol. The van der Waals surface area contributed by atoms with Crippen LogP contribution in [-0.2, 0) is 14.8 Å². The summed E-state index contributed by atoms with van der Waals surface area (Å²) in [5, 5.41) is -0.188. The molecule has 1 atom stereocenters. The first kappa shape index (κ1) is 16.4. The second-order valence-corrected chi connectivity index (χ2v) is 6.87. The Morgan fingerprint density at radius 2 is 2.00 bits per heavy atom. The zero-order valence-electron chi connectivity index (χ0n) is 11.4. The van der Waals surface area contributed by atoms with E-state index in [1.807, 2.05) is 13.8 Å². The van der Waals surface area contributed by atoms with E-state index in [-0.39, 0.29) is 10.3 Å². The summed E-state index contributed by atoms with van der Waals surface area (Å²) < 4.78 is 31.5. The van der Waals surface area contributed by atoms with E-state index < -0.39 is 10.0 Å². The van der Waals surface area contributed by atoms with Crippen LogP contribution in [0.4, 0.5) is 0 Å². The number of hydrogen-bond donors (Lipinski definition) is 1. The summed E-state index contributed by atoms with van der Waals surface area (Å²) in [6.07, 6.45) is 0.527. The van der Waals surface area contributed by atoms with Gasteiger partial charge in [-0.1, -0.05) is 6.07 Å². The molecule has 0 heterocycles. The first-order valence-electron chi connectivity index (χ1n) is 6.06. The van der Waals surface area contributed by atoms with Gasteiger partial charge < -0.3 is 4.74 Å². The van der Waals surface area contributed by atoms with Crippen LogP contribution < -0.4 is 4.72 Å². The topological polar surface area (TPSA) is 55.4 Å². The highest BCUT2D eigenvalue weighted by atomic mass is 35.5. The highest BCUT2D eigenvalue weighted by Gasteiger charge is 2.15. The fourth-order valence-electron chi connectivity index (χ4n) is 1.58. The normalized spacial score (nSPS) is 13.5. The Kier molecular flexibility index (Phi) is 6.26. The Bertz CT molecular complexity index is 517. The summed E-state index contributed by atoms with van der Waals surface area (Å²) in [6, 6.07) is 5.09. The van der Waals surface area contributed by atoms with E-state index >= 15 is 0 Å². The van der Waals surface area contributed by atoms with Gasteiger partial charge in [0.05, 0.1) is 16.9 Å². The summed E-state index contributed by atoms with van der Waals surface area (Å²) in [5.74, 6) is 0. The van der Waals surface area contributed by atoms with Crippen LogP contribution in [0.5, 0.6) is 0 Å². The molecule has 0 amide bonds. The molecule has 1 rings (SSSR count). The maximum absolute atomic E-state index is 12.0. The van der Waals surface area contributed by atoms with Crippen molar-refractivity contribution in [1.29, 1.82) is 0 Å². The Morgan fingerprint density at radius 1 is 1.32 bits per heavy atom. The van der Waals surface area contributed by atoms with Gasteiger partial charge in [-0.15, -0.1) is 11.6 Å². The minimum absolute atomic E-state index is 0.188. The lowest BCUT2D eigenvalue weighted by atomic mass is 10.1. The highest BCUT2D eigenvalue weighted by Crippen LogP contribution is 2.14. The van der Waals surface area contributed by atoms with Crippen LogP contribution in [0.1, 0.15) is 17.5 Å². The third-order valence-electron chi connectivity index (χ3n) is 2.89. The van der Waals surface area contributed by atoms with Crippen molar-refractivity contribution in [1.82, 2.24) is 4.72 Å². The maximum atomic E-state index is 12.0. The molecule has 0 aromatic heterocycles. The number of hydrogen-bond acceptors (Lipinski definition) is 3. The van der Waals surface area contributed by atoms with Crippen molar-refractivity contribution < 1.29 is 13.2 Å². The lowest BCUT2D eigenvalue weighted by molar-refractivity contribution is 0.196. The minimum Gasteiger partial charge on any atom is -0.383 e. The molecule has 1 unspecified atom stereocenters. The van der Waals surface area contributed by atoms with Gasteiger partial charge in [0.15, 0.2) is 0 Å². The molecule has 1 aromatic rings. The first-order chi connectivity index (χ1) is 8.86. The summed E-state index contributed by atoms with van der Waals surface area (Å²) >= 11 is 5.94. The lowest BCUT2D eigenvalue weighted by Gasteiger charge is -2.11. The van der Waals surface area contributed by atoms with E-state index in [2.05, 4.69) is 4.72 Å². The SMILES string of the molecule is COCC(Cl)CCNS(=O)(=O)c1ccc(C)c(C)c1. The molecule has 0 saturated heterocycles. The molecular formula is C13H20ClNO3S. The van der Waals surface area contributed by atoms with Crippen LogP contribution >= 0.6 is 11.6 Å². The smallest absolute Gasteiger partial charge is 0.240 e. The first-order valence-corrected chi connectivity index (χ1v) is 7.98. The molecule has 0 aliphatic rings. The van der Waals surface area contributed by atoms with Crippen molar-refractivity contribution in [2.45, 2.75) is 30.5 Å². The van der Waals surface area contributed by atoms with Crippen LogP contribution in [0.2, 0.25) is 0 Å². The summed E-state index contributed by atoms with van der Waals surface area (Å²) in [4.78, 5) is 0.286. The van der Waals surface area contributed by atoms with E-state index in [0.717, 1.165) is 11.1 Å². The summed E-state index contributed by atoms with van der Waals surface area (Å²) in [5.41, 5.74) is 2.03. The molecule has 19 heavy (non-hydrogen) atoms. The zero-order chi connectivity index (χ0) is 14.5. The van der Waals surface area contributed by atoms with Gasteiger partial charge in [0.2, 0.25) is 10.0 Å². The third-order valence-corrected chi connectivity index (χ3v) is 4.69. The Balaban J connectivity index is 2.63. The number of alkyl halides is 1. The van der Waals surface area contributed by atoms with Gasteiger partial charge in [-0.2, -0.15) is 0 Å². The Labute approximate surface area is 120 Å². The van der Waals surface area contributed by atoms with Gasteiger partial charge in [0, 0.05) is 13.7 Å². The minimum atomic E-state index is -3.46. The van der Waals surface area contributed by atoms with E-state index in [1.54, 1.807) is 25.3 Å². The summed E-state index contributed by atoms with van der Waals surface area (Å²) in [6.45, 7) is 4.55. The van der Waals surface area contributed by atoms with Gasteiger partial charge in [0.25, 0.3) is 0 Å². The number of sulfonamides is 1. The molecule has 0 radical (unpaired) electrons. The van der Waals surface area contributed by atoms with E-state index in [9.17, 15) is 8.42 Å². The summed E-state index contributed by atoms with van der Waals surface area (Å²) in [7, 11) is -1.90. The molecule has 1 aromatic carbocycles. The highest BCUT2D eigenvalue weighted by molar-refractivity contribution is 7.89. The number of benzene rings is 1. The van der Waals surface area contributed by atoms with Crippen molar-refractivity contribution in [3.8, 4) is 0 Å². The number of rotatable bonds is 7. The molecule has 4 nitrogen and oxygen atoms in total. The molecule has 1 N–H and O–H groups in total. The van der Waals surface area contributed by atoms with E-state index in [0.29, 0.717) is 19.6 Å². The number of ether oxygens (including phenoxy) is 1. The molecule has 0 spiro atoms. The molecule has 0 saturated carbocycles. The predicted octanol–water partition coefficient (Wildman–Crippen LogP) is 2.23. The molecular weight excluding hydrogens is 286 g/mol. The lowest BCUT2D eigenvalue weighted by Crippen LogP contribution is -2.27. The molecule has 0 aliphatic carbocycles. The molecule has 108 valence electrons. The van der Waals surface area contributed by atoms with Crippen LogP contribution in [-0.4, -0.2) is 34.1 Å². The van der Waals surface area contributed by atoms with Crippen LogP contribution in [0, 0.1) is 13.8 Å². The zero-order valence-corrected chi connectivity index (χ0v) is 13.0. The Hall–Kier alpha value is -0.620. The van der Waals surface area contributed by atoms with Gasteiger partial charge >= 0.3 is 0 Å². The van der Waals surface area contributed by atoms with E-state index in [1.165, 1.54) is 0 Å². The van der Waals surface area contributed by atoms with Gasteiger partial charge in [0.1, 0.15) is 0 Å².